The van der Waals surface area contributed by atoms with E-state index in [4.69, 9.17) is 4.98 Å². The lowest BCUT2D eigenvalue weighted by atomic mass is 10.3. The summed E-state index contributed by atoms with van der Waals surface area (Å²) in [6, 6.07) is 40.5. The molecule has 1 aromatic heterocycles. The first kappa shape index (κ1) is 18.6. The van der Waals surface area contributed by atoms with Gasteiger partial charge in [-0.25, -0.2) is 10.1 Å². The lowest BCUT2D eigenvalue weighted by Crippen LogP contribution is -2.36. The first-order valence-corrected chi connectivity index (χ1v) is 11.8. The van der Waals surface area contributed by atoms with E-state index in [1.807, 2.05) is 6.07 Å². The standard InChI is InChI=1S/C26H23N3P/c1-29-25-20-12-11-19-24(25)27-26(29)28-30(21-13-5-2-6-14-21,22-15-7-3-8-16-22)23-17-9-4-10-18-23/h2-20H,1H3,(H,27,28)/q+1. The first-order valence-electron chi connectivity index (χ1n) is 10.0. The zero-order valence-corrected chi connectivity index (χ0v) is 17.7. The Hall–Kier alpha value is -3.42. The topological polar surface area (TPSA) is 29.9 Å². The maximum absolute atomic E-state index is 4.95. The number of nitrogens with zero attached hydrogens (tertiary/aromatic N) is 2. The highest BCUT2D eigenvalue weighted by Gasteiger charge is 2.47. The predicted octanol–water partition coefficient (Wildman–Crippen LogP) is 4.89. The molecule has 0 saturated carbocycles. The lowest BCUT2D eigenvalue weighted by Gasteiger charge is -2.27. The van der Waals surface area contributed by atoms with Gasteiger partial charge in [-0.3, -0.25) is 0 Å². The molecule has 0 unspecified atom stereocenters. The van der Waals surface area contributed by atoms with Crippen molar-refractivity contribution in [3.8, 4) is 0 Å². The Morgan fingerprint density at radius 3 is 1.50 bits per heavy atom. The molecule has 1 N–H and O–H groups in total. The monoisotopic (exact) mass is 408 g/mol. The number of hydrogen-bond acceptors (Lipinski definition) is 2. The molecule has 30 heavy (non-hydrogen) atoms. The molecule has 1 heterocycles. The molecule has 0 fully saturated rings. The number of fused-ring (bicyclic) bond motifs is 1. The van der Waals surface area contributed by atoms with Crippen LogP contribution in [0.5, 0.6) is 0 Å². The normalized spacial score (nSPS) is 11.5. The van der Waals surface area contributed by atoms with Gasteiger partial charge in [-0.15, -0.1) is 0 Å². The minimum absolute atomic E-state index is 0.876. The summed E-state index contributed by atoms with van der Waals surface area (Å²) in [6.07, 6.45) is 0. The number of imidazole rings is 1. The minimum atomic E-state index is -2.19. The highest BCUT2D eigenvalue weighted by molar-refractivity contribution is 7.96. The van der Waals surface area contributed by atoms with Crippen LogP contribution in [0, 0.1) is 0 Å². The van der Waals surface area contributed by atoms with Crippen LogP contribution in [-0.2, 0) is 7.05 Å². The molecule has 3 nitrogen and oxygen atoms in total. The number of aryl methyl sites for hydroxylation is 1. The Labute approximate surface area is 177 Å². The molecule has 0 bridgehead atoms. The first-order chi connectivity index (χ1) is 14.8. The molecule has 0 aliphatic rings. The third kappa shape index (κ3) is 3.08. The summed E-state index contributed by atoms with van der Waals surface area (Å²) in [5.74, 6) is 0.876. The van der Waals surface area contributed by atoms with Crippen LogP contribution in [0.1, 0.15) is 0 Å². The van der Waals surface area contributed by atoms with Crippen molar-refractivity contribution in [2.75, 3.05) is 5.09 Å². The summed E-state index contributed by atoms with van der Waals surface area (Å²) in [5.41, 5.74) is 2.11. The number of hydrogen-bond donors (Lipinski definition) is 1. The predicted molar refractivity (Wildman–Crippen MR) is 129 cm³/mol. The van der Waals surface area contributed by atoms with Crippen molar-refractivity contribution in [2.24, 2.45) is 7.05 Å². The van der Waals surface area contributed by atoms with Crippen molar-refractivity contribution in [3.05, 3.63) is 115 Å². The second-order valence-electron chi connectivity index (χ2n) is 7.27. The molecule has 0 aliphatic carbocycles. The second-order valence-corrected chi connectivity index (χ2v) is 10.4. The second kappa shape index (κ2) is 7.78. The summed E-state index contributed by atoms with van der Waals surface area (Å²) in [6.45, 7) is 0. The van der Waals surface area contributed by atoms with E-state index in [0.717, 1.165) is 17.0 Å². The SMILES string of the molecule is Cn1c(N[P+](c2ccccc2)(c2ccccc2)c2ccccc2)nc2ccccc21. The van der Waals surface area contributed by atoms with E-state index < -0.39 is 7.41 Å². The minimum Gasteiger partial charge on any atom is -0.311 e. The van der Waals surface area contributed by atoms with E-state index in [0.29, 0.717) is 0 Å². The third-order valence-corrected chi connectivity index (χ3v) is 9.24. The quantitative estimate of drug-likeness (QED) is 0.420. The molecule has 5 rings (SSSR count). The maximum Gasteiger partial charge on any atom is 0.237 e. The summed E-state index contributed by atoms with van der Waals surface area (Å²) >= 11 is 0. The fourth-order valence-corrected chi connectivity index (χ4v) is 7.63. The molecule has 0 amide bonds. The number of benzene rings is 4. The molecule has 0 radical (unpaired) electrons. The van der Waals surface area contributed by atoms with Crippen LogP contribution >= 0.6 is 7.41 Å². The number of nitrogens with one attached hydrogen (secondary N) is 1. The van der Waals surface area contributed by atoms with Crippen molar-refractivity contribution in [3.63, 3.8) is 0 Å². The molecule has 5 aromatic rings. The zero-order valence-electron chi connectivity index (χ0n) is 16.8. The largest absolute Gasteiger partial charge is 0.311 e. The van der Waals surface area contributed by atoms with E-state index in [-0.39, 0.29) is 0 Å². The Morgan fingerprint density at radius 1 is 0.600 bits per heavy atom. The zero-order chi connectivity index (χ0) is 20.4. The number of anilines is 1. The van der Waals surface area contributed by atoms with Crippen LogP contribution in [0.2, 0.25) is 0 Å². The van der Waals surface area contributed by atoms with Crippen LogP contribution in [0.25, 0.3) is 11.0 Å². The molecule has 146 valence electrons. The van der Waals surface area contributed by atoms with E-state index in [1.165, 1.54) is 15.9 Å². The fourth-order valence-electron chi connectivity index (χ4n) is 3.99. The van der Waals surface area contributed by atoms with Crippen LogP contribution in [-0.4, -0.2) is 9.55 Å². The van der Waals surface area contributed by atoms with Crippen molar-refractivity contribution in [2.45, 2.75) is 0 Å². The number of rotatable bonds is 5. The summed E-state index contributed by atoms with van der Waals surface area (Å²) in [5, 5.41) is 7.78. The molecule has 0 saturated heterocycles. The molecule has 4 aromatic carbocycles. The van der Waals surface area contributed by atoms with E-state index >= 15 is 0 Å². The number of aromatic nitrogens is 2. The molecular formula is C26H23N3P+. The van der Waals surface area contributed by atoms with Gasteiger partial charge in [0.05, 0.1) is 11.0 Å². The van der Waals surface area contributed by atoms with Gasteiger partial charge in [0.1, 0.15) is 15.9 Å². The highest BCUT2D eigenvalue weighted by Crippen LogP contribution is 2.54. The van der Waals surface area contributed by atoms with Crippen LogP contribution < -0.4 is 21.0 Å². The van der Waals surface area contributed by atoms with Crippen molar-refractivity contribution < 1.29 is 0 Å². The van der Waals surface area contributed by atoms with Crippen LogP contribution in [0.15, 0.2) is 115 Å². The average molecular weight is 408 g/mol. The van der Waals surface area contributed by atoms with Crippen LogP contribution in [0.4, 0.5) is 5.95 Å². The van der Waals surface area contributed by atoms with Gasteiger partial charge in [0.25, 0.3) is 0 Å². The molecular weight excluding hydrogens is 385 g/mol. The highest BCUT2D eigenvalue weighted by atomic mass is 31.2. The Morgan fingerprint density at radius 2 is 1.03 bits per heavy atom. The van der Waals surface area contributed by atoms with Gasteiger partial charge in [0.2, 0.25) is 13.4 Å². The van der Waals surface area contributed by atoms with Gasteiger partial charge in [0, 0.05) is 7.05 Å². The lowest BCUT2D eigenvalue weighted by molar-refractivity contribution is 0.964. The maximum atomic E-state index is 4.95. The summed E-state index contributed by atoms with van der Waals surface area (Å²) in [7, 11) is -0.114. The van der Waals surface area contributed by atoms with E-state index in [1.54, 1.807) is 0 Å². The molecule has 0 spiro atoms. The van der Waals surface area contributed by atoms with Crippen molar-refractivity contribution in [1.82, 2.24) is 9.55 Å². The smallest absolute Gasteiger partial charge is 0.237 e. The van der Waals surface area contributed by atoms with Crippen molar-refractivity contribution >= 4 is 40.3 Å². The Balaban J connectivity index is 1.80. The molecule has 0 aliphatic heterocycles. The van der Waals surface area contributed by atoms with Gasteiger partial charge in [-0.2, -0.15) is 0 Å². The van der Waals surface area contributed by atoms with Gasteiger partial charge >= 0.3 is 0 Å². The summed E-state index contributed by atoms with van der Waals surface area (Å²) in [4.78, 5) is 4.95. The van der Waals surface area contributed by atoms with Gasteiger partial charge < -0.3 is 4.57 Å². The molecule has 4 heteroatoms. The number of para-hydroxylation sites is 2. The molecule has 0 atom stereocenters. The Kier molecular flexibility index (Phi) is 4.82. The van der Waals surface area contributed by atoms with Gasteiger partial charge in [0.15, 0.2) is 0 Å². The third-order valence-electron chi connectivity index (χ3n) is 5.49. The van der Waals surface area contributed by atoms with Crippen molar-refractivity contribution in [1.29, 1.82) is 0 Å². The van der Waals surface area contributed by atoms with Crippen LogP contribution in [0.3, 0.4) is 0 Å². The Bertz CT molecular complexity index is 1170. The van der Waals surface area contributed by atoms with E-state index in [2.05, 4.69) is 126 Å². The summed E-state index contributed by atoms with van der Waals surface area (Å²) < 4.78 is 2.15. The average Bonchev–Trinajstić information content (AvgIpc) is 3.14. The fraction of sp³-hybridized carbons (Fsp3) is 0.0385. The van der Waals surface area contributed by atoms with Gasteiger partial charge in [-0.1, -0.05) is 66.7 Å². The van der Waals surface area contributed by atoms with E-state index in [9.17, 15) is 0 Å². The van der Waals surface area contributed by atoms with Gasteiger partial charge in [-0.05, 0) is 48.5 Å².